The minimum absolute atomic E-state index is 0.331. The molecule has 0 fully saturated rings. The van der Waals surface area contributed by atoms with Gasteiger partial charge in [0.2, 0.25) is 0 Å². The number of rotatable bonds is 6. The van der Waals surface area contributed by atoms with Crippen molar-refractivity contribution in [3.8, 4) is 11.8 Å². The fourth-order valence-corrected chi connectivity index (χ4v) is 2.10. The third-order valence-electron chi connectivity index (χ3n) is 3.47. The molecule has 1 atom stereocenters. The van der Waals surface area contributed by atoms with Gasteiger partial charge in [-0.3, -0.25) is 4.79 Å². The second kappa shape index (κ2) is 9.04. The van der Waals surface area contributed by atoms with Crippen LogP contribution in [0.25, 0.3) is 6.08 Å². The van der Waals surface area contributed by atoms with E-state index in [0.29, 0.717) is 17.0 Å². The van der Waals surface area contributed by atoms with Gasteiger partial charge in [-0.1, -0.05) is 24.3 Å². The highest BCUT2D eigenvalue weighted by Gasteiger charge is 2.17. The highest BCUT2D eigenvalue weighted by Crippen LogP contribution is 2.15. The van der Waals surface area contributed by atoms with Gasteiger partial charge in [-0.25, -0.2) is 4.79 Å². The molecule has 0 aliphatic rings. The van der Waals surface area contributed by atoms with Crippen molar-refractivity contribution in [1.82, 2.24) is 0 Å². The van der Waals surface area contributed by atoms with Gasteiger partial charge in [-0.05, 0) is 42.8 Å². The van der Waals surface area contributed by atoms with Gasteiger partial charge in [0, 0.05) is 6.08 Å². The van der Waals surface area contributed by atoms with Crippen molar-refractivity contribution in [3.63, 3.8) is 0 Å². The number of amides is 1. The molecule has 0 radical (unpaired) electrons. The number of ether oxygens (including phenoxy) is 2. The van der Waals surface area contributed by atoms with Crippen LogP contribution in [0.3, 0.4) is 0 Å². The molecule has 1 amide bonds. The van der Waals surface area contributed by atoms with E-state index in [-0.39, 0.29) is 0 Å². The fourth-order valence-electron chi connectivity index (χ4n) is 2.10. The second-order valence-electron chi connectivity index (χ2n) is 5.34. The number of nitrogens with zero attached hydrogens (tertiary/aromatic N) is 1. The Labute approximate surface area is 151 Å². The molecule has 0 bridgehead atoms. The van der Waals surface area contributed by atoms with Gasteiger partial charge in [-0.2, -0.15) is 5.26 Å². The number of nitriles is 1. The molecule has 6 heteroatoms. The van der Waals surface area contributed by atoms with Crippen molar-refractivity contribution in [1.29, 1.82) is 5.26 Å². The first kappa shape index (κ1) is 18.7. The summed E-state index contributed by atoms with van der Waals surface area (Å²) in [7, 11) is 1.56. The maximum atomic E-state index is 12.1. The van der Waals surface area contributed by atoms with Gasteiger partial charge >= 0.3 is 5.97 Å². The molecule has 0 spiro atoms. The Morgan fingerprint density at radius 2 is 1.96 bits per heavy atom. The molecule has 0 unspecified atom stereocenters. The minimum Gasteiger partial charge on any atom is -0.497 e. The van der Waals surface area contributed by atoms with Gasteiger partial charge in [0.15, 0.2) is 6.10 Å². The predicted octanol–water partition coefficient (Wildman–Crippen LogP) is 3.15. The lowest BCUT2D eigenvalue weighted by Gasteiger charge is -2.13. The van der Waals surface area contributed by atoms with Gasteiger partial charge in [0.25, 0.3) is 5.91 Å². The number of carbonyl (C=O) groups is 2. The molecule has 26 heavy (non-hydrogen) atoms. The van der Waals surface area contributed by atoms with E-state index < -0.39 is 18.0 Å². The molecular formula is C20H18N2O4. The summed E-state index contributed by atoms with van der Waals surface area (Å²) < 4.78 is 10.2. The largest absolute Gasteiger partial charge is 0.497 e. The van der Waals surface area contributed by atoms with Crippen LogP contribution in [-0.2, 0) is 14.3 Å². The Morgan fingerprint density at radius 1 is 1.19 bits per heavy atom. The monoisotopic (exact) mass is 350 g/mol. The molecule has 0 aromatic heterocycles. The van der Waals surface area contributed by atoms with Crippen LogP contribution >= 0.6 is 0 Å². The first-order chi connectivity index (χ1) is 12.5. The molecule has 0 saturated carbocycles. The van der Waals surface area contributed by atoms with Crippen LogP contribution in [0.1, 0.15) is 18.1 Å². The first-order valence-corrected chi connectivity index (χ1v) is 7.86. The van der Waals surface area contributed by atoms with Gasteiger partial charge < -0.3 is 14.8 Å². The summed E-state index contributed by atoms with van der Waals surface area (Å²) in [5.41, 5.74) is 1.47. The highest BCUT2D eigenvalue weighted by atomic mass is 16.5. The number of benzene rings is 2. The van der Waals surface area contributed by atoms with Gasteiger partial charge in [0.05, 0.1) is 18.4 Å². The Morgan fingerprint density at radius 3 is 2.69 bits per heavy atom. The van der Waals surface area contributed by atoms with Crippen molar-refractivity contribution >= 4 is 23.6 Å². The highest BCUT2D eigenvalue weighted by molar-refractivity contribution is 5.97. The van der Waals surface area contributed by atoms with Crippen molar-refractivity contribution < 1.29 is 19.1 Å². The SMILES string of the molecule is COc1cccc(/C=C/C(=O)O[C@@H](C)C(=O)Nc2ccccc2C#N)c1. The molecule has 132 valence electrons. The molecule has 0 aliphatic carbocycles. The van der Waals surface area contributed by atoms with E-state index in [0.717, 1.165) is 5.56 Å². The minimum atomic E-state index is -1.01. The lowest BCUT2D eigenvalue weighted by Crippen LogP contribution is -2.29. The number of anilines is 1. The number of para-hydroxylation sites is 1. The van der Waals surface area contributed by atoms with E-state index in [1.54, 1.807) is 61.7 Å². The number of nitrogens with one attached hydrogen (secondary N) is 1. The van der Waals surface area contributed by atoms with Crippen LogP contribution < -0.4 is 10.1 Å². The molecule has 0 saturated heterocycles. The Hall–Kier alpha value is -3.59. The molecule has 0 aliphatic heterocycles. The Balaban J connectivity index is 1.94. The maximum absolute atomic E-state index is 12.1. The zero-order valence-corrected chi connectivity index (χ0v) is 14.4. The lowest BCUT2D eigenvalue weighted by atomic mass is 10.2. The van der Waals surface area contributed by atoms with Crippen molar-refractivity contribution in [2.45, 2.75) is 13.0 Å². The summed E-state index contributed by atoms with van der Waals surface area (Å²) in [5.74, 6) is -0.496. The molecule has 2 aromatic rings. The summed E-state index contributed by atoms with van der Waals surface area (Å²) in [6.45, 7) is 1.46. The normalized spacial score (nSPS) is 11.4. The number of esters is 1. The first-order valence-electron chi connectivity index (χ1n) is 7.86. The van der Waals surface area contributed by atoms with E-state index in [4.69, 9.17) is 14.7 Å². The Bertz CT molecular complexity index is 868. The summed E-state index contributed by atoms with van der Waals surface area (Å²) in [5, 5.41) is 11.6. The predicted molar refractivity (Wildman–Crippen MR) is 97.4 cm³/mol. The summed E-state index contributed by atoms with van der Waals surface area (Å²) >= 11 is 0. The fraction of sp³-hybridized carbons (Fsp3) is 0.150. The summed E-state index contributed by atoms with van der Waals surface area (Å²) in [6, 6.07) is 15.7. The third kappa shape index (κ3) is 5.21. The standard InChI is InChI=1S/C20H18N2O4/c1-14(20(24)22-18-9-4-3-7-16(18)13-21)26-19(23)11-10-15-6-5-8-17(12-15)25-2/h3-12,14H,1-2H3,(H,22,24)/b11-10+/t14-/m0/s1. The molecular weight excluding hydrogens is 332 g/mol. The quantitative estimate of drug-likeness (QED) is 0.639. The molecule has 0 heterocycles. The summed E-state index contributed by atoms with van der Waals surface area (Å²) in [4.78, 5) is 24.0. The molecule has 6 nitrogen and oxygen atoms in total. The summed E-state index contributed by atoms with van der Waals surface area (Å²) in [6.07, 6.45) is 1.80. The average Bonchev–Trinajstić information content (AvgIpc) is 2.66. The number of methoxy groups -OCH3 is 1. The van der Waals surface area contributed by atoms with Crippen LogP contribution in [0.2, 0.25) is 0 Å². The average molecular weight is 350 g/mol. The van der Waals surface area contributed by atoms with Crippen molar-refractivity contribution in [2.24, 2.45) is 0 Å². The van der Waals surface area contributed by atoms with E-state index in [2.05, 4.69) is 5.32 Å². The van der Waals surface area contributed by atoms with Crippen LogP contribution in [0, 0.1) is 11.3 Å². The molecule has 1 N–H and O–H groups in total. The third-order valence-corrected chi connectivity index (χ3v) is 3.47. The van der Waals surface area contributed by atoms with E-state index in [1.807, 2.05) is 6.07 Å². The van der Waals surface area contributed by atoms with E-state index in [9.17, 15) is 9.59 Å². The van der Waals surface area contributed by atoms with Gasteiger partial charge in [0.1, 0.15) is 11.8 Å². The van der Waals surface area contributed by atoms with E-state index >= 15 is 0 Å². The van der Waals surface area contributed by atoms with Crippen LogP contribution in [0.5, 0.6) is 5.75 Å². The zero-order chi connectivity index (χ0) is 18.9. The second-order valence-corrected chi connectivity index (χ2v) is 5.34. The van der Waals surface area contributed by atoms with Crippen molar-refractivity contribution in [2.75, 3.05) is 12.4 Å². The zero-order valence-electron chi connectivity index (χ0n) is 14.4. The number of hydrogen-bond acceptors (Lipinski definition) is 5. The van der Waals surface area contributed by atoms with Crippen molar-refractivity contribution in [3.05, 3.63) is 65.7 Å². The number of hydrogen-bond donors (Lipinski definition) is 1. The van der Waals surface area contributed by atoms with E-state index in [1.165, 1.54) is 13.0 Å². The molecule has 2 rings (SSSR count). The number of carbonyl (C=O) groups excluding carboxylic acids is 2. The lowest BCUT2D eigenvalue weighted by molar-refractivity contribution is -0.148. The van der Waals surface area contributed by atoms with Crippen LogP contribution in [0.4, 0.5) is 5.69 Å². The van der Waals surface area contributed by atoms with Crippen LogP contribution in [0.15, 0.2) is 54.6 Å². The van der Waals surface area contributed by atoms with Gasteiger partial charge in [-0.15, -0.1) is 0 Å². The Kier molecular flexibility index (Phi) is 6.52. The van der Waals surface area contributed by atoms with Crippen LogP contribution in [-0.4, -0.2) is 25.1 Å². The smallest absolute Gasteiger partial charge is 0.331 e. The maximum Gasteiger partial charge on any atom is 0.331 e. The molecule has 2 aromatic carbocycles. The topological polar surface area (TPSA) is 88.4 Å².